The van der Waals surface area contributed by atoms with Crippen LogP contribution in [0.25, 0.3) is 0 Å². The second kappa shape index (κ2) is 6.11. The molecule has 1 amide bonds. The zero-order valence-corrected chi connectivity index (χ0v) is 12.4. The summed E-state index contributed by atoms with van der Waals surface area (Å²) in [5, 5.41) is 14.4. The van der Waals surface area contributed by atoms with Gasteiger partial charge in [0.15, 0.2) is 5.69 Å². The highest BCUT2D eigenvalue weighted by Crippen LogP contribution is 2.21. The Hall–Kier alpha value is -2.11. The largest absolute Gasteiger partial charge is 0.349 e. The monoisotopic (exact) mass is 287 g/mol. The molecular formula is C15H21N5O. The Morgan fingerprint density at radius 3 is 3.05 bits per heavy atom. The van der Waals surface area contributed by atoms with Gasteiger partial charge in [0, 0.05) is 29.7 Å². The molecule has 2 aromatic rings. The lowest BCUT2D eigenvalue weighted by Crippen LogP contribution is -2.28. The van der Waals surface area contributed by atoms with Crippen LogP contribution >= 0.6 is 0 Å². The summed E-state index contributed by atoms with van der Waals surface area (Å²) in [5.41, 5.74) is 3.92. The quantitative estimate of drug-likeness (QED) is 0.839. The number of aryl methyl sites for hydroxylation is 2. The second-order valence-electron chi connectivity index (χ2n) is 5.54. The average molecular weight is 287 g/mol. The van der Waals surface area contributed by atoms with E-state index in [1.54, 1.807) is 6.20 Å². The van der Waals surface area contributed by atoms with Crippen LogP contribution in [0.15, 0.2) is 12.3 Å². The molecule has 6 heteroatoms. The number of nitrogens with zero attached hydrogens (tertiary/aromatic N) is 3. The molecule has 3 rings (SSSR count). The topological polar surface area (TPSA) is 75.6 Å². The molecule has 0 radical (unpaired) electrons. The molecular weight excluding hydrogens is 266 g/mol. The number of fused-ring (bicyclic) bond motifs is 1. The van der Waals surface area contributed by atoms with Gasteiger partial charge in [-0.05, 0) is 38.7 Å². The predicted molar refractivity (Wildman–Crippen MR) is 79.1 cm³/mol. The van der Waals surface area contributed by atoms with Gasteiger partial charge < -0.3 is 5.32 Å². The molecule has 112 valence electrons. The van der Waals surface area contributed by atoms with Gasteiger partial charge >= 0.3 is 0 Å². The van der Waals surface area contributed by atoms with Crippen LogP contribution in [0.5, 0.6) is 0 Å². The Labute approximate surface area is 123 Å². The first-order chi connectivity index (χ1) is 10.3. The molecule has 1 aliphatic rings. The lowest BCUT2D eigenvalue weighted by atomic mass is 10.1. The van der Waals surface area contributed by atoms with Gasteiger partial charge in [0.05, 0.1) is 6.54 Å². The number of aromatic nitrogens is 4. The highest BCUT2D eigenvalue weighted by molar-refractivity contribution is 5.93. The minimum atomic E-state index is -0.0841. The summed E-state index contributed by atoms with van der Waals surface area (Å²) in [7, 11) is 0. The third-order valence-electron chi connectivity index (χ3n) is 4.06. The van der Waals surface area contributed by atoms with Crippen molar-refractivity contribution in [1.29, 1.82) is 0 Å². The van der Waals surface area contributed by atoms with E-state index in [0.29, 0.717) is 18.8 Å². The first kappa shape index (κ1) is 13.9. The van der Waals surface area contributed by atoms with Crippen LogP contribution in [0.4, 0.5) is 0 Å². The molecule has 0 fully saturated rings. The number of rotatable bonds is 4. The molecule has 21 heavy (non-hydrogen) atoms. The molecule has 0 spiro atoms. The van der Waals surface area contributed by atoms with Gasteiger partial charge in [0.25, 0.3) is 5.91 Å². The smallest absolute Gasteiger partial charge is 0.272 e. The van der Waals surface area contributed by atoms with Crippen molar-refractivity contribution in [3.63, 3.8) is 0 Å². The van der Waals surface area contributed by atoms with Crippen LogP contribution < -0.4 is 5.32 Å². The number of carbonyl (C=O) groups is 1. The molecule has 0 atom stereocenters. The second-order valence-corrected chi connectivity index (χ2v) is 5.54. The lowest BCUT2D eigenvalue weighted by molar-refractivity contribution is 0.0946. The summed E-state index contributed by atoms with van der Waals surface area (Å²) in [6.45, 7) is 3.24. The van der Waals surface area contributed by atoms with Crippen molar-refractivity contribution in [2.45, 2.75) is 45.6 Å². The highest BCUT2D eigenvalue weighted by Gasteiger charge is 2.20. The van der Waals surface area contributed by atoms with Gasteiger partial charge in [-0.2, -0.15) is 10.2 Å². The van der Waals surface area contributed by atoms with Crippen LogP contribution in [0, 0.1) is 6.92 Å². The van der Waals surface area contributed by atoms with Crippen LogP contribution in [0.2, 0.25) is 0 Å². The lowest BCUT2D eigenvalue weighted by Gasteiger charge is -2.07. The van der Waals surface area contributed by atoms with Gasteiger partial charge in [-0.1, -0.05) is 6.42 Å². The molecule has 0 bridgehead atoms. The molecule has 0 unspecified atom stereocenters. The number of nitrogens with one attached hydrogen (secondary N) is 2. The predicted octanol–water partition coefficient (Wildman–Crippen LogP) is 1.61. The standard InChI is InChI=1S/C15H21N5O/c1-11-7-8-17-20(11)10-9-16-15(21)14-12-5-3-2-4-6-13(12)18-19-14/h7-8H,2-6,9-10H2,1H3,(H,16,21)(H,18,19). The van der Waals surface area contributed by atoms with Gasteiger partial charge in [0.2, 0.25) is 0 Å². The van der Waals surface area contributed by atoms with E-state index in [1.165, 1.54) is 12.8 Å². The molecule has 6 nitrogen and oxygen atoms in total. The zero-order chi connectivity index (χ0) is 14.7. The van der Waals surface area contributed by atoms with E-state index in [-0.39, 0.29) is 5.91 Å². The van der Waals surface area contributed by atoms with Crippen molar-refractivity contribution in [1.82, 2.24) is 25.3 Å². The van der Waals surface area contributed by atoms with Crippen molar-refractivity contribution in [3.8, 4) is 0 Å². The normalized spacial score (nSPS) is 14.5. The van der Waals surface area contributed by atoms with Crippen LogP contribution in [0.1, 0.15) is 46.7 Å². The van der Waals surface area contributed by atoms with Crippen molar-refractivity contribution < 1.29 is 4.79 Å². The van der Waals surface area contributed by atoms with Crippen LogP contribution in [-0.4, -0.2) is 32.4 Å². The maximum atomic E-state index is 12.3. The summed E-state index contributed by atoms with van der Waals surface area (Å²) in [5.74, 6) is -0.0841. The molecule has 1 aliphatic carbocycles. The molecule has 0 aliphatic heterocycles. The van der Waals surface area contributed by atoms with E-state index < -0.39 is 0 Å². The fourth-order valence-electron chi connectivity index (χ4n) is 2.84. The molecule has 0 saturated heterocycles. The summed E-state index contributed by atoms with van der Waals surface area (Å²) in [4.78, 5) is 12.3. The van der Waals surface area contributed by atoms with Crippen molar-refractivity contribution in [3.05, 3.63) is 34.9 Å². The summed E-state index contributed by atoms with van der Waals surface area (Å²) < 4.78 is 1.88. The van der Waals surface area contributed by atoms with Crippen molar-refractivity contribution >= 4 is 5.91 Å². The number of hydrogen-bond acceptors (Lipinski definition) is 3. The third kappa shape index (κ3) is 2.99. The van der Waals surface area contributed by atoms with Gasteiger partial charge in [-0.15, -0.1) is 0 Å². The van der Waals surface area contributed by atoms with E-state index in [2.05, 4.69) is 20.6 Å². The SMILES string of the molecule is Cc1ccnn1CCNC(=O)c1n[nH]c2c1CCCCC2. The Balaban J connectivity index is 1.61. The Kier molecular flexibility index (Phi) is 4.03. The van der Waals surface area contributed by atoms with E-state index in [0.717, 1.165) is 36.2 Å². The van der Waals surface area contributed by atoms with Gasteiger partial charge in [0.1, 0.15) is 0 Å². The maximum Gasteiger partial charge on any atom is 0.272 e. The number of H-pyrrole nitrogens is 1. The van der Waals surface area contributed by atoms with E-state index in [9.17, 15) is 4.79 Å². The van der Waals surface area contributed by atoms with E-state index in [1.807, 2.05) is 17.7 Å². The Morgan fingerprint density at radius 2 is 2.24 bits per heavy atom. The fraction of sp³-hybridized carbons (Fsp3) is 0.533. The first-order valence-corrected chi connectivity index (χ1v) is 7.58. The highest BCUT2D eigenvalue weighted by atomic mass is 16.1. The first-order valence-electron chi connectivity index (χ1n) is 7.58. The fourth-order valence-corrected chi connectivity index (χ4v) is 2.84. The van der Waals surface area contributed by atoms with Crippen molar-refractivity contribution in [2.24, 2.45) is 0 Å². The maximum absolute atomic E-state index is 12.3. The summed E-state index contributed by atoms with van der Waals surface area (Å²) >= 11 is 0. The Morgan fingerprint density at radius 1 is 1.38 bits per heavy atom. The number of hydrogen-bond donors (Lipinski definition) is 2. The third-order valence-corrected chi connectivity index (χ3v) is 4.06. The summed E-state index contributed by atoms with van der Waals surface area (Å²) in [6.07, 6.45) is 7.26. The van der Waals surface area contributed by atoms with E-state index in [4.69, 9.17) is 0 Å². The molecule has 0 saturated carbocycles. The number of amides is 1. The average Bonchev–Trinajstić information content (AvgIpc) is 2.99. The van der Waals surface area contributed by atoms with Crippen LogP contribution in [-0.2, 0) is 19.4 Å². The van der Waals surface area contributed by atoms with Gasteiger partial charge in [-0.25, -0.2) is 0 Å². The van der Waals surface area contributed by atoms with Gasteiger partial charge in [-0.3, -0.25) is 14.6 Å². The zero-order valence-electron chi connectivity index (χ0n) is 12.4. The van der Waals surface area contributed by atoms with Crippen LogP contribution in [0.3, 0.4) is 0 Å². The molecule has 2 heterocycles. The molecule has 0 aromatic carbocycles. The van der Waals surface area contributed by atoms with E-state index >= 15 is 0 Å². The summed E-state index contributed by atoms with van der Waals surface area (Å²) in [6, 6.07) is 1.95. The molecule has 2 N–H and O–H groups in total. The minimum absolute atomic E-state index is 0.0841. The minimum Gasteiger partial charge on any atom is -0.349 e. The Bertz CT molecular complexity index is 628. The number of carbonyl (C=O) groups excluding carboxylic acids is 1. The van der Waals surface area contributed by atoms with Crippen molar-refractivity contribution in [2.75, 3.05) is 6.54 Å². The molecule has 2 aromatic heterocycles. The number of aromatic amines is 1.